The smallest absolute Gasteiger partial charge is 0.253 e. The van der Waals surface area contributed by atoms with Crippen LogP contribution >= 0.6 is 0 Å². The van der Waals surface area contributed by atoms with Gasteiger partial charge in [-0.3, -0.25) is 14.4 Å². The Hall–Kier alpha value is -2.37. The van der Waals surface area contributed by atoms with E-state index in [1.54, 1.807) is 45.0 Å². The van der Waals surface area contributed by atoms with Crippen LogP contribution in [0.25, 0.3) is 0 Å². The minimum absolute atomic E-state index is 0.130. The Morgan fingerprint density at radius 3 is 2.39 bits per heavy atom. The highest BCUT2D eigenvalue weighted by Gasteiger charge is 2.25. The molecule has 0 spiro atoms. The first-order chi connectivity index (χ1) is 10.8. The molecule has 3 N–H and O–H groups in total. The molecule has 0 heterocycles. The summed E-state index contributed by atoms with van der Waals surface area (Å²) in [4.78, 5) is 35.9. The SMILES string of the molecule is CC(C)(C)C(=O)NCC(=O)Nc1ccccc1C(=O)NC1CC1. The number of benzene rings is 1. The Bertz CT molecular complexity index is 616. The van der Waals surface area contributed by atoms with Crippen LogP contribution in [0.5, 0.6) is 0 Å². The van der Waals surface area contributed by atoms with Gasteiger partial charge < -0.3 is 16.0 Å². The van der Waals surface area contributed by atoms with Gasteiger partial charge in [0.1, 0.15) is 0 Å². The van der Waals surface area contributed by atoms with Gasteiger partial charge in [-0.05, 0) is 25.0 Å². The van der Waals surface area contributed by atoms with Gasteiger partial charge in [0.25, 0.3) is 5.91 Å². The van der Waals surface area contributed by atoms with Crippen molar-refractivity contribution in [2.75, 3.05) is 11.9 Å². The zero-order valence-electron chi connectivity index (χ0n) is 13.7. The van der Waals surface area contributed by atoms with Gasteiger partial charge in [0.15, 0.2) is 0 Å². The predicted molar refractivity (Wildman–Crippen MR) is 88.0 cm³/mol. The summed E-state index contributed by atoms with van der Waals surface area (Å²) < 4.78 is 0. The molecule has 1 fully saturated rings. The molecule has 1 aromatic carbocycles. The molecule has 1 aromatic rings. The van der Waals surface area contributed by atoms with Crippen LogP contribution in [0.4, 0.5) is 5.69 Å². The van der Waals surface area contributed by atoms with Gasteiger partial charge in [0.05, 0.1) is 17.8 Å². The largest absolute Gasteiger partial charge is 0.349 e. The minimum Gasteiger partial charge on any atom is -0.349 e. The molecular weight excluding hydrogens is 294 g/mol. The first-order valence-electron chi connectivity index (χ1n) is 7.75. The molecule has 0 saturated heterocycles. The molecule has 1 saturated carbocycles. The van der Waals surface area contributed by atoms with Crippen LogP contribution in [0.2, 0.25) is 0 Å². The maximum atomic E-state index is 12.2. The van der Waals surface area contributed by atoms with Gasteiger partial charge in [-0.25, -0.2) is 0 Å². The fraction of sp³-hybridized carbons (Fsp3) is 0.471. The van der Waals surface area contributed by atoms with E-state index in [0.29, 0.717) is 11.3 Å². The van der Waals surface area contributed by atoms with Crippen molar-refractivity contribution in [3.05, 3.63) is 29.8 Å². The molecule has 6 nitrogen and oxygen atoms in total. The van der Waals surface area contributed by atoms with Crippen molar-refractivity contribution in [1.29, 1.82) is 0 Å². The fourth-order valence-corrected chi connectivity index (χ4v) is 1.90. The average molecular weight is 317 g/mol. The highest BCUT2D eigenvalue weighted by Crippen LogP contribution is 2.21. The van der Waals surface area contributed by atoms with E-state index in [1.165, 1.54) is 0 Å². The average Bonchev–Trinajstić information content (AvgIpc) is 3.28. The quantitative estimate of drug-likeness (QED) is 0.772. The molecule has 124 valence electrons. The van der Waals surface area contributed by atoms with Gasteiger partial charge in [-0.15, -0.1) is 0 Å². The van der Waals surface area contributed by atoms with E-state index in [1.807, 2.05) is 0 Å². The van der Waals surface area contributed by atoms with E-state index >= 15 is 0 Å². The third-order valence-corrected chi connectivity index (χ3v) is 3.45. The van der Waals surface area contributed by atoms with E-state index < -0.39 is 5.41 Å². The highest BCUT2D eigenvalue weighted by atomic mass is 16.2. The summed E-state index contributed by atoms with van der Waals surface area (Å²) in [6, 6.07) is 7.08. The predicted octanol–water partition coefficient (Wildman–Crippen LogP) is 1.68. The maximum absolute atomic E-state index is 12.2. The zero-order chi connectivity index (χ0) is 17.0. The van der Waals surface area contributed by atoms with Gasteiger partial charge in [0.2, 0.25) is 11.8 Å². The van der Waals surface area contributed by atoms with Gasteiger partial charge in [0, 0.05) is 11.5 Å². The number of hydrogen-bond donors (Lipinski definition) is 3. The molecule has 3 amide bonds. The van der Waals surface area contributed by atoms with Gasteiger partial charge >= 0.3 is 0 Å². The highest BCUT2D eigenvalue weighted by molar-refractivity contribution is 6.04. The fourth-order valence-electron chi connectivity index (χ4n) is 1.90. The van der Waals surface area contributed by atoms with Gasteiger partial charge in [-0.1, -0.05) is 32.9 Å². The maximum Gasteiger partial charge on any atom is 0.253 e. The molecule has 2 rings (SSSR count). The topological polar surface area (TPSA) is 87.3 Å². The van der Waals surface area contributed by atoms with Crippen molar-refractivity contribution in [1.82, 2.24) is 10.6 Å². The van der Waals surface area contributed by atoms with Crippen LogP contribution in [0.3, 0.4) is 0 Å². The molecule has 6 heteroatoms. The third-order valence-electron chi connectivity index (χ3n) is 3.45. The summed E-state index contributed by atoms with van der Waals surface area (Å²) >= 11 is 0. The van der Waals surface area contributed by atoms with Crippen molar-refractivity contribution < 1.29 is 14.4 Å². The lowest BCUT2D eigenvalue weighted by molar-refractivity contribution is -0.130. The van der Waals surface area contributed by atoms with Crippen LogP contribution in [0, 0.1) is 5.41 Å². The minimum atomic E-state index is -0.553. The number of nitrogens with one attached hydrogen (secondary N) is 3. The molecule has 0 atom stereocenters. The van der Waals surface area contributed by atoms with Crippen molar-refractivity contribution in [3.63, 3.8) is 0 Å². The zero-order valence-corrected chi connectivity index (χ0v) is 13.7. The van der Waals surface area contributed by atoms with Gasteiger partial charge in [-0.2, -0.15) is 0 Å². The number of carbonyl (C=O) groups excluding carboxylic acids is 3. The number of carbonyl (C=O) groups is 3. The molecule has 1 aliphatic rings. The van der Waals surface area contributed by atoms with Crippen LogP contribution in [0.15, 0.2) is 24.3 Å². The van der Waals surface area contributed by atoms with Crippen molar-refractivity contribution in [2.45, 2.75) is 39.7 Å². The third kappa shape index (κ3) is 5.09. The molecule has 1 aliphatic carbocycles. The number of hydrogen-bond acceptors (Lipinski definition) is 3. The Labute approximate surface area is 136 Å². The second-order valence-electron chi connectivity index (χ2n) is 6.77. The number of anilines is 1. The summed E-state index contributed by atoms with van der Waals surface area (Å²) in [5.74, 6) is -0.760. The van der Waals surface area contributed by atoms with Crippen LogP contribution in [-0.4, -0.2) is 30.3 Å². The summed E-state index contributed by atoms with van der Waals surface area (Å²) in [7, 11) is 0. The van der Waals surface area contributed by atoms with E-state index in [0.717, 1.165) is 12.8 Å². The number of rotatable bonds is 5. The van der Waals surface area contributed by atoms with E-state index in [4.69, 9.17) is 0 Å². The van der Waals surface area contributed by atoms with Crippen LogP contribution in [0.1, 0.15) is 44.0 Å². The lowest BCUT2D eigenvalue weighted by Crippen LogP contribution is -2.39. The molecule has 0 bridgehead atoms. The normalized spacial score (nSPS) is 14.0. The number of amides is 3. The molecule has 0 aromatic heterocycles. The Balaban J connectivity index is 1.95. The standard InChI is InChI=1S/C17H23N3O3/c1-17(2,3)16(23)18-10-14(21)20-13-7-5-4-6-12(13)15(22)19-11-8-9-11/h4-7,11H,8-10H2,1-3H3,(H,18,23)(H,19,22)(H,20,21). The van der Waals surface area contributed by atoms with Crippen molar-refractivity contribution in [2.24, 2.45) is 5.41 Å². The molecule has 0 unspecified atom stereocenters. The van der Waals surface area contributed by atoms with Crippen molar-refractivity contribution >= 4 is 23.4 Å². The van der Waals surface area contributed by atoms with Crippen LogP contribution in [-0.2, 0) is 9.59 Å². The number of para-hydroxylation sites is 1. The lowest BCUT2D eigenvalue weighted by atomic mass is 9.96. The van der Waals surface area contributed by atoms with Crippen LogP contribution < -0.4 is 16.0 Å². The Morgan fingerprint density at radius 2 is 1.78 bits per heavy atom. The summed E-state index contributed by atoms with van der Waals surface area (Å²) in [5.41, 5.74) is 0.318. The Morgan fingerprint density at radius 1 is 1.13 bits per heavy atom. The first-order valence-corrected chi connectivity index (χ1v) is 7.75. The molecule has 0 aliphatic heterocycles. The summed E-state index contributed by atoms with van der Waals surface area (Å²) in [6.07, 6.45) is 2.00. The molecule has 0 radical (unpaired) electrons. The second kappa shape index (κ2) is 6.81. The Kier molecular flexibility index (Phi) is 5.03. The van der Waals surface area contributed by atoms with E-state index in [2.05, 4.69) is 16.0 Å². The summed E-state index contributed by atoms with van der Waals surface area (Å²) in [5, 5.41) is 8.15. The summed E-state index contributed by atoms with van der Waals surface area (Å²) in [6.45, 7) is 5.20. The molecule has 23 heavy (non-hydrogen) atoms. The lowest BCUT2D eigenvalue weighted by Gasteiger charge is -2.17. The van der Waals surface area contributed by atoms with E-state index in [-0.39, 0.29) is 30.3 Å². The van der Waals surface area contributed by atoms with E-state index in [9.17, 15) is 14.4 Å². The van der Waals surface area contributed by atoms with Crippen molar-refractivity contribution in [3.8, 4) is 0 Å². The second-order valence-corrected chi connectivity index (χ2v) is 6.77. The molecular formula is C17H23N3O3. The monoisotopic (exact) mass is 317 g/mol. The first kappa shape index (κ1) is 17.0.